The summed E-state index contributed by atoms with van der Waals surface area (Å²) in [6, 6.07) is 7.87. The first-order valence-electron chi connectivity index (χ1n) is 7.19. The third-order valence-electron chi connectivity index (χ3n) is 4.15. The van der Waals surface area contributed by atoms with Crippen molar-refractivity contribution in [2.75, 3.05) is 0 Å². The standard InChI is InChI=1S/C15H20Cl2O2Si/c16-20(17,14-4-2-1-3-5-14)11-10-12-6-8-13(9-7-12)15(18)19/h6-9,14H,1-5,10-11H2,(H,18,19). The second kappa shape index (κ2) is 6.97. The molecular formula is C15H20Cl2O2Si. The fourth-order valence-corrected chi connectivity index (χ4v) is 7.01. The van der Waals surface area contributed by atoms with Crippen molar-refractivity contribution >= 4 is 34.8 Å². The van der Waals surface area contributed by atoms with Gasteiger partial charge in [-0.25, -0.2) is 4.79 Å². The van der Waals surface area contributed by atoms with Gasteiger partial charge in [0.15, 0.2) is 0 Å². The smallest absolute Gasteiger partial charge is 0.335 e. The maximum atomic E-state index is 10.8. The summed E-state index contributed by atoms with van der Waals surface area (Å²) in [5.41, 5.74) is 1.96. The number of halogens is 2. The maximum absolute atomic E-state index is 10.8. The number of benzene rings is 1. The fraction of sp³-hybridized carbons (Fsp3) is 0.533. The van der Waals surface area contributed by atoms with E-state index in [2.05, 4.69) is 0 Å². The minimum atomic E-state index is -2.19. The summed E-state index contributed by atoms with van der Waals surface area (Å²) in [5.74, 6) is -0.892. The molecule has 2 rings (SSSR count). The van der Waals surface area contributed by atoms with Gasteiger partial charge in [-0.05, 0) is 35.7 Å². The molecule has 0 aromatic heterocycles. The molecular weight excluding hydrogens is 311 g/mol. The van der Waals surface area contributed by atoms with Gasteiger partial charge in [-0.1, -0.05) is 44.2 Å². The van der Waals surface area contributed by atoms with Gasteiger partial charge in [0.25, 0.3) is 6.69 Å². The summed E-state index contributed by atoms with van der Waals surface area (Å²) in [6.45, 7) is -2.19. The number of carboxylic acid groups (broad SMARTS) is 1. The van der Waals surface area contributed by atoms with Crippen LogP contribution in [0.25, 0.3) is 0 Å². The van der Waals surface area contributed by atoms with Crippen molar-refractivity contribution < 1.29 is 9.90 Å². The molecule has 0 bridgehead atoms. The summed E-state index contributed by atoms with van der Waals surface area (Å²) in [4.78, 5) is 10.8. The van der Waals surface area contributed by atoms with E-state index in [1.807, 2.05) is 12.1 Å². The molecule has 1 saturated carbocycles. The molecule has 0 heterocycles. The normalized spacial score (nSPS) is 17.1. The molecule has 0 radical (unpaired) electrons. The van der Waals surface area contributed by atoms with Crippen molar-refractivity contribution in [2.24, 2.45) is 0 Å². The molecule has 0 saturated heterocycles. The number of rotatable bonds is 5. The monoisotopic (exact) mass is 330 g/mol. The summed E-state index contributed by atoms with van der Waals surface area (Å²) < 4.78 is 0. The van der Waals surface area contributed by atoms with Gasteiger partial charge in [-0.3, -0.25) is 0 Å². The lowest BCUT2D eigenvalue weighted by Crippen LogP contribution is -2.29. The third kappa shape index (κ3) is 4.24. The van der Waals surface area contributed by atoms with Crippen molar-refractivity contribution in [2.45, 2.75) is 50.1 Å². The number of hydrogen-bond donors (Lipinski definition) is 1. The highest BCUT2D eigenvalue weighted by Gasteiger charge is 2.38. The first-order chi connectivity index (χ1) is 9.49. The first-order valence-corrected chi connectivity index (χ1v) is 11.5. The summed E-state index contributed by atoms with van der Waals surface area (Å²) in [6.07, 6.45) is 7.02. The van der Waals surface area contributed by atoms with Crippen LogP contribution in [-0.2, 0) is 6.42 Å². The Hall–Kier alpha value is -0.513. The Morgan fingerprint density at radius 3 is 2.30 bits per heavy atom. The van der Waals surface area contributed by atoms with Gasteiger partial charge in [-0.15, -0.1) is 22.2 Å². The van der Waals surface area contributed by atoms with Crippen LogP contribution in [0.1, 0.15) is 48.0 Å². The van der Waals surface area contributed by atoms with Crippen molar-refractivity contribution in [3.63, 3.8) is 0 Å². The molecule has 0 spiro atoms. The SMILES string of the molecule is O=C(O)c1ccc(CC[Si](Cl)(Cl)C2CCCCC2)cc1. The Morgan fingerprint density at radius 1 is 1.15 bits per heavy atom. The molecule has 1 aromatic rings. The zero-order valence-corrected chi connectivity index (χ0v) is 14.0. The van der Waals surface area contributed by atoms with E-state index in [0.717, 1.165) is 18.0 Å². The zero-order chi connectivity index (χ0) is 14.6. The van der Waals surface area contributed by atoms with E-state index in [4.69, 9.17) is 27.3 Å². The molecule has 110 valence electrons. The number of hydrogen-bond acceptors (Lipinski definition) is 1. The van der Waals surface area contributed by atoms with Crippen LogP contribution in [0, 0.1) is 0 Å². The highest BCUT2D eigenvalue weighted by Crippen LogP contribution is 2.44. The fourth-order valence-electron chi connectivity index (χ4n) is 2.85. The van der Waals surface area contributed by atoms with Crippen molar-refractivity contribution in [3.8, 4) is 0 Å². The van der Waals surface area contributed by atoms with Gasteiger partial charge in [0.05, 0.1) is 5.56 Å². The molecule has 20 heavy (non-hydrogen) atoms. The molecule has 0 unspecified atom stereocenters. The second-order valence-corrected chi connectivity index (χ2v) is 13.1. The van der Waals surface area contributed by atoms with Crippen LogP contribution in [0.2, 0.25) is 11.6 Å². The predicted molar refractivity (Wildman–Crippen MR) is 86.2 cm³/mol. The third-order valence-corrected chi connectivity index (χ3v) is 9.82. The molecule has 0 amide bonds. The topological polar surface area (TPSA) is 37.3 Å². The minimum absolute atomic E-state index is 0.321. The van der Waals surface area contributed by atoms with E-state index in [1.54, 1.807) is 12.1 Å². The number of aryl methyl sites for hydroxylation is 1. The molecule has 5 heteroatoms. The van der Waals surface area contributed by atoms with Gasteiger partial charge < -0.3 is 5.11 Å². The van der Waals surface area contributed by atoms with Crippen LogP contribution < -0.4 is 0 Å². The van der Waals surface area contributed by atoms with Gasteiger partial charge in [-0.2, -0.15) is 0 Å². The average molecular weight is 331 g/mol. The Balaban J connectivity index is 1.91. The summed E-state index contributed by atoms with van der Waals surface area (Å²) in [7, 11) is 0. The van der Waals surface area contributed by atoms with Crippen molar-refractivity contribution in [1.29, 1.82) is 0 Å². The Kier molecular flexibility index (Phi) is 5.53. The lowest BCUT2D eigenvalue weighted by molar-refractivity contribution is 0.0697. The minimum Gasteiger partial charge on any atom is -0.478 e. The van der Waals surface area contributed by atoms with Gasteiger partial charge in [0.1, 0.15) is 0 Å². The summed E-state index contributed by atoms with van der Waals surface area (Å²) >= 11 is 13.3. The van der Waals surface area contributed by atoms with E-state index in [0.29, 0.717) is 11.1 Å². The van der Waals surface area contributed by atoms with Crippen LogP contribution in [0.15, 0.2) is 24.3 Å². The highest BCUT2D eigenvalue weighted by atomic mass is 35.7. The van der Waals surface area contributed by atoms with E-state index in [-0.39, 0.29) is 0 Å². The van der Waals surface area contributed by atoms with Gasteiger partial charge in [0.2, 0.25) is 0 Å². The molecule has 1 fully saturated rings. The maximum Gasteiger partial charge on any atom is 0.335 e. The van der Waals surface area contributed by atoms with E-state index < -0.39 is 12.7 Å². The van der Waals surface area contributed by atoms with Gasteiger partial charge >= 0.3 is 5.97 Å². The Morgan fingerprint density at radius 2 is 1.75 bits per heavy atom. The quantitative estimate of drug-likeness (QED) is 0.596. The molecule has 2 nitrogen and oxygen atoms in total. The number of carbonyl (C=O) groups is 1. The predicted octanol–water partition coefficient (Wildman–Crippen LogP) is 5.18. The largest absolute Gasteiger partial charge is 0.478 e. The lowest BCUT2D eigenvalue weighted by atomic mass is 10.0. The van der Waals surface area contributed by atoms with Crippen LogP contribution >= 0.6 is 22.2 Å². The molecule has 1 aliphatic rings. The number of carboxylic acids is 1. The molecule has 0 aliphatic heterocycles. The second-order valence-electron chi connectivity index (χ2n) is 5.60. The van der Waals surface area contributed by atoms with Crippen molar-refractivity contribution in [1.82, 2.24) is 0 Å². The van der Waals surface area contributed by atoms with E-state index in [1.165, 1.54) is 32.1 Å². The van der Waals surface area contributed by atoms with Crippen LogP contribution in [0.3, 0.4) is 0 Å². The molecule has 1 aromatic carbocycles. The molecule has 1 aliphatic carbocycles. The molecule has 0 atom stereocenters. The van der Waals surface area contributed by atoms with Gasteiger partial charge in [0, 0.05) is 0 Å². The van der Waals surface area contributed by atoms with Crippen LogP contribution in [0.4, 0.5) is 0 Å². The Labute approximate surface area is 130 Å². The number of aromatic carboxylic acids is 1. The highest BCUT2D eigenvalue weighted by molar-refractivity contribution is 7.46. The zero-order valence-electron chi connectivity index (χ0n) is 11.4. The van der Waals surface area contributed by atoms with Crippen LogP contribution in [-0.4, -0.2) is 17.8 Å². The first kappa shape index (κ1) is 15.9. The average Bonchev–Trinajstić information content (AvgIpc) is 2.46. The lowest BCUT2D eigenvalue weighted by Gasteiger charge is -2.30. The van der Waals surface area contributed by atoms with E-state index in [9.17, 15) is 4.79 Å². The van der Waals surface area contributed by atoms with Crippen molar-refractivity contribution in [3.05, 3.63) is 35.4 Å². The van der Waals surface area contributed by atoms with E-state index >= 15 is 0 Å². The molecule has 1 N–H and O–H groups in total. The Bertz CT molecular complexity index is 453. The summed E-state index contributed by atoms with van der Waals surface area (Å²) in [5, 5.41) is 8.87. The van der Waals surface area contributed by atoms with Crippen LogP contribution in [0.5, 0.6) is 0 Å².